The molecule has 0 bridgehead atoms. The number of carbonyl (C=O) groups excluding carboxylic acids is 1. The van der Waals surface area contributed by atoms with Crippen LogP contribution in [0.1, 0.15) is 16.2 Å². The van der Waals surface area contributed by atoms with Crippen molar-refractivity contribution in [1.82, 2.24) is 15.2 Å². The van der Waals surface area contributed by atoms with Crippen molar-refractivity contribution in [1.29, 1.82) is 0 Å². The molecule has 3 N–H and O–H groups in total. The van der Waals surface area contributed by atoms with Crippen LogP contribution in [-0.2, 0) is 0 Å². The zero-order valence-electron chi connectivity index (χ0n) is 15.1. The van der Waals surface area contributed by atoms with Crippen molar-refractivity contribution < 1.29 is 9.21 Å². The number of anilines is 2. The number of hydrogen-bond acceptors (Lipinski definition) is 6. The second kappa shape index (κ2) is 7.32. The number of nitrogens with two attached hydrogens (primary N) is 1. The Labute approximate surface area is 161 Å². The first-order valence-electron chi connectivity index (χ1n) is 8.63. The number of nitrogens with one attached hydrogen (secondary N) is 1. The van der Waals surface area contributed by atoms with Gasteiger partial charge < -0.3 is 15.5 Å². The van der Waals surface area contributed by atoms with Gasteiger partial charge in [0.2, 0.25) is 11.8 Å². The fourth-order valence-corrected chi connectivity index (χ4v) is 2.84. The van der Waals surface area contributed by atoms with Crippen LogP contribution in [-0.4, -0.2) is 21.1 Å². The average Bonchev–Trinajstić information content (AvgIpc) is 3.15. The van der Waals surface area contributed by atoms with E-state index in [0.717, 1.165) is 5.56 Å². The molecular weight excluding hydrogens is 354 g/mol. The van der Waals surface area contributed by atoms with Gasteiger partial charge in [-0.05, 0) is 24.3 Å². The van der Waals surface area contributed by atoms with Gasteiger partial charge in [0.05, 0.1) is 16.9 Å². The monoisotopic (exact) mass is 371 g/mol. The molecule has 0 spiro atoms. The Bertz CT molecular complexity index is 1140. The van der Waals surface area contributed by atoms with Crippen LogP contribution in [0.2, 0.25) is 0 Å². The summed E-state index contributed by atoms with van der Waals surface area (Å²) in [7, 11) is 0. The zero-order chi connectivity index (χ0) is 19.5. The summed E-state index contributed by atoms with van der Waals surface area (Å²) in [6.45, 7) is 1.72. The third kappa shape index (κ3) is 3.45. The predicted octanol–water partition coefficient (Wildman–Crippen LogP) is 3.94. The van der Waals surface area contributed by atoms with E-state index < -0.39 is 0 Å². The zero-order valence-corrected chi connectivity index (χ0v) is 15.1. The fraction of sp³-hybridized carbons (Fsp3) is 0.0476. The Morgan fingerprint density at radius 3 is 2.54 bits per heavy atom. The summed E-state index contributed by atoms with van der Waals surface area (Å²) in [5.74, 6) is 0.543. The van der Waals surface area contributed by atoms with E-state index in [4.69, 9.17) is 10.2 Å². The highest BCUT2D eigenvalue weighted by atomic mass is 16.4. The van der Waals surface area contributed by atoms with E-state index in [2.05, 4.69) is 20.5 Å². The Hall–Kier alpha value is -4.00. The average molecular weight is 371 g/mol. The number of rotatable bonds is 4. The number of hydrogen-bond donors (Lipinski definition) is 2. The van der Waals surface area contributed by atoms with Crippen LogP contribution < -0.4 is 11.1 Å². The number of nitrogens with zero attached hydrogens (tertiary/aromatic N) is 3. The first kappa shape index (κ1) is 17.4. The van der Waals surface area contributed by atoms with Crippen molar-refractivity contribution in [3.63, 3.8) is 0 Å². The summed E-state index contributed by atoms with van der Waals surface area (Å²) in [6, 6.07) is 18.3. The molecule has 4 aromatic rings. The fourth-order valence-electron chi connectivity index (χ4n) is 2.84. The molecule has 0 aliphatic heterocycles. The maximum atomic E-state index is 12.8. The highest BCUT2D eigenvalue weighted by Crippen LogP contribution is 2.27. The highest BCUT2D eigenvalue weighted by Gasteiger charge is 2.15. The van der Waals surface area contributed by atoms with E-state index in [0.29, 0.717) is 40.0 Å². The molecule has 0 radical (unpaired) electrons. The van der Waals surface area contributed by atoms with Crippen LogP contribution in [0.25, 0.3) is 22.7 Å². The molecule has 7 nitrogen and oxygen atoms in total. The molecule has 0 atom stereocenters. The Morgan fingerprint density at radius 1 is 1.00 bits per heavy atom. The largest absolute Gasteiger partial charge is 0.421 e. The SMILES string of the molecule is Cc1nnc(-c2cccc(NC(=O)c3ccnc(-c4ccccc4)c3N)c2)o1. The minimum absolute atomic E-state index is 0.323. The molecule has 28 heavy (non-hydrogen) atoms. The number of nitrogen functional groups attached to an aromatic ring is 1. The second-order valence-corrected chi connectivity index (χ2v) is 6.15. The lowest BCUT2D eigenvalue weighted by Gasteiger charge is -2.11. The lowest BCUT2D eigenvalue weighted by atomic mass is 10.1. The number of carbonyl (C=O) groups is 1. The maximum absolute atomic E-state index is 12.8. The molecule has 0 unspecified atom stereocenters. The number of benzene rings is 2. The lowest BCUT2D eigenvalue weighted by Crippen LogP contribution is -2.15. The number of amides is 1. The van der Waals surface area contributed by atoms with E-state index >= 15 is 0 Å². The molecule has 0 aliphatic rings. The van der Waals surface area contributed by atoms with Crippen molar-refractivity contribution in [2.45, 2.75) is 6.92 Å². The minimum atomic E-state index is -0.323. The van der Waals surface area contributed by atoms with Gasteiger partial charge in [0.15, 0.2) is 0 Å². The quantitative estimate of drug-likeness (QED) is 0.563. The van der Waals surface area contributed by atoms with Gasteiger partial charge in [-0.3, -0.25) is 9.78 Å². The summed E-state index contributed by atoms with van der Waals surface area (Å²) in [4.78, 5) is 17.1. The molecule has 2 aromatic carbocycles. The molecule has 1 amide bonds. The molecular formula is C21H17N5O2. The summed E-state index contributed by atoms with van der Waals surface area (Å²) < 4.78 is 5.43. The molecule has 0 saturated heterocycles. The molecule has 0 aliphatic carbocycles. The van der Waals surface area contributed by atoms with Crippen LogP contribution in [0.3, 0.4) is 0 Å². The normalized spacial score (nSPS) is 10.6. The van der Waals surface area contributed by atoms with E-state index in [1.807, 2.05) is 36.4 Å². The molecule has 0 fully saturated rings. The van der Waals surface area contributed by atoms with Gasteiger partial charge in [-0.2, -0.15) is 0 Å². The van der Waals surface area contributed by atoms with E-state index in [9.17, 15) is 4.79 Å². The van der Waals surface area contributed by atoms with Crippen molar-refractivity contribution in [2.75, 3.05) is 11.1 Å². The number of pyridine rings is 1. The van der Waals surface area contributed by atoms with Crippen molar-refractivity contribution >= 4 is 17.3 Å². The molecule has 0 saturated carbocycles. The topological polar surface area (TPSA) is 107 Å². The standard InChI is InChI=1S/C21H17N5O2/c1-13-25-26-21(28-13)15-8-5-9-16(12-15)24-20(27)17-10-11-23-19(18(17)22)14-6-3-2-4-7-14/h2-12H,22H2,1H3,(H,24,27). The van der Waals surface area contributed by atoms with Gasteiger partial charge in [0.25, 0.3) is 5.91 Å². The first-order chi connectivity index (χ1) is 13.6. The van der Waals surface area contributed by atoms with Crippen LogP contribution in [0.4, 0.5) is 11.4 Å². The van der Waals surface area contributed by atoms with Gasteiger partial charge in [-0.15, -0.1) is 10.2 Å². The van der Waals surface area contributed by atoms with Crippen LogP contribution >= 0.6 is 0 Å². The Balaban J connectivity index is 1.61. The van der Waals surface area contributed by atoms with Gasteiger partial charge in [0, 0.05) is 29.9 Å². The molecule has 2 heterocycles. The highest BCUT2D eigenvalue weighted by molar-refractivity contribution is 6.09. The van der Waals surface area contributed by atoms with E-state index in [1.165, 1.54) is 0 Å². The molecule has 2 aromatic heterocycles. The maximum Gasteiger partial charge on any atom is 0.257 e. The molecule has 4 rings (SSSR count). The third-order valence-electron chi connectivity index (χ3n) is 4.18. The van der Waals surface area contributed by atoms with Crippen LogP contribution in [0.5, 0.6) is 0 Å². The van der Waals surface area contributed by atoms with E-state index in [-0.39, 0.29) is 5.91 Å². The summed E-state index contributed by atoms with van der Waals surface area (Å²) >= 11 is 0. The molecule has 138 valence electrons. The first-order valence-corrected chi connectivity index (χ1v) is 8.63. The molecule has 7 heteroatoms. The van der Waals surface area contributed by atoms with Crippen molar-refractivity contribution in [3.05, 3.63) is 78.3 Å². The number of aryl methyl sites for hydroxylation is 1. The second-order valence-electron chi connectivity index (χ2n) is 6.15. The summed E-state index contributed by atoms with van der Waals surface area (Å²) in [5, 5.41) is 10.7. The van der Waals surface area contributed by atoms with Crippen molar-refractivity contribution in [3.8, 4) is 22.7 Å². The van der Waals surface area contributed by atoms with Gasteiger partial charge in [-0.25, -0.2) is 0 Å². The smallest absolute Gasteiger partial charge is 0.257 e. The summed E-state index contributed by atoms with van der Waals surface area (Å²) in [5.41, 5.74) is 9.65. The van der Waals surface area contributed by atoms with E-state index in [1.54, 1.807) is 37.4 Å². The number of aromatic nitrogens is 3. The Morgan fingerprint density at radius 2 is 1.79 bits per heavy atom. The van der Waals surface area contributed by atoms with Crippen LogP contribution in [0, 0.1) is 6.92 Å². The predicted molar refractivity (Wildman–Crippen MR) is 107 cm³/mol. The Kier molecular flexibility index (Phi) is 4.55. The van der Waals surface area contributed by atoms with Crippen molar-refractivity contribution in [2.24, 2.45) is 0 Å². The van der Waals surface area contributed by atoms with Gasteiger partial charge >= 0.3 is 0 Å². The minimum Gasteiger partial charge on any atom is -0.421 e. The van der Waals surface area contributed by atoms with Gasteiger partial charge in [-0.1, -0.05) is 36.4 Å². The van der Waals surface area contributed by atoms with Crippen LogP contribution in [0.15, 0.2) is 71.3 Å². The summed E-state index contributed by atoms with van der Waals surface area (Å²) in [6.07, 6.45) is 1.57. The van der Waals surface area contributed by atoms with Gasteiger partial charge in [0.1, 0.15) is 0 Å². The lowest BCUT2D eigenvalue weighted by molar-refractivity contribution is 0.102. The third-order valence-corrected chi connectivity index (χ3v) is 4.18.